The van der Waals surface area contributed by atoms with Gasteiger partial charge in [0.2, 0.25) is 0 Å². The molecular formula is C14H9NO2S. The molecule has 0 bridgehead atoms. The first-order chi connectivity index (χ1) is 8.75. The van der Waals surface area contributed by atoms with Gasteiger partial charge >= 0.3 is 0 Å². The molecule has 3 nitrogen and oxygen atoms in total. The highest BCUT2D eigenvalue weighted by atomic mass is 32.1. The molecule has 0 saturated carbocycles. The second kappa shape index (κ2) is 4.23. The zero-order valence-electron chi connectivity index (χ0n) is 9.34. The van der Waals surface area contributed by atoms with Gasteiger partial charge in [0.15, 0.2) is 0 Å². The van der Waals surface area contributed by atoms with Crippen LogP contribution in [0.25, 0.3) is 11.6 Å². The van der Waals surface area contributed by atoms with Crippen molar-refractivity contribution in [2.75, 3.05) is 0 Å². The van der Waals surface area contributed by atoms with Crippen LogP contribution in [0.15, 0.2) is 41.1 Å². The van der Waals surface area contributed by atoms with Gasteiger partial charge in [-0.1, -0.05) is 18.2 Å². The standard InChI is InChI=1S/C14H9NO2S/c16-13-11-4-2-1-3-10(11)12(14(17)15-13)7-9-5-6-18-8-9/h1-8H,(H,15,16,17). The van der Waals surface area contributed by atoms with Crippen LogP contribution in [0.5, 0.6) is 0 Å². The van der Waals surface area contributed by atoms with E-state index in [1.165, 1.54) is 0 Å². The number of imide groups is 1. The number of hydrogen-bond acceptors (Lipinski definition) is 3. The highest BCUT2D eigenvalue weighted by Crippen LogP contribution is 2.26. The Morgan fingerprint density at radius 1 is 1.00 bits per heavy atom. The average molecular weight is 255 g/mol. The molecule has 0 aliphatic carbocycles. The number of fused-ring (bicyclic) bond motifs is 1. The highest BCUT2D eigenvalue weighted by molar-refractivity contribution is 7.08. The Balaban J connectivity index is 2.18. The first-order valence-electron chi connectivity index (χ1n) is 5.45. The molecule has 88 valence electrons. The van der Waals surface area contributed by atoms with Crippen LogP contribution >= 0.6 is 11.3 Å². The first-order valence-corrected chi connectivity index (χ1v) is 6.39. The van der Waals surface area contributed by atoms with Crippen molar-refractivity contribution in [3.05, 3.63) is 57.8 Å². The zero-order valence-corrected chi connectivity index (χ0v) is 10.2. The van der Waals surface area contributed by atoms with Gasteiger partial charge in [0.05, 0.1) is 0 Å². The Labute approximate surface area is 108 Å². The summed E-state index contributed by atoms with van der Waals surface area (Å²) in [5.41, 5.74) is 2.73. The van der Waals surface area contributed by atoms with Crippen molar-refractivity contribution >= 4 is 34.8 Å². The van der Waals surface area contributed by atoms with Gasteiger partial charge in [-0.15, -0.1) is 0 Å². The van der Waals surface area contributed by atoms with Gasteiger partial charge in [0, 0.05) is 11.1 Å². The Bertz CT molecular complexity index is 656. The molecule has 0 radical (unpaired) electrons. The number of carbonyl (C=O) groups excluding carboxylic acids is 2. The molecule has 4 heteroatoms. The van der Waals surface area contributed by atoms with Crippen LogP contribution in [-0.2, 0) is 4.79 Å². The summed E-state index contributed by atoms with van der Waals surface area (Å²) >= 11 is 1.57. The maximum absolute atomic E-state index is 11.9. The van der Waals surface area contributed by atoms with E-state index in [4.69, 9.17) is 0 Å². The molecule has 3 rings (SSSR count). The molecule has 1 aliphatic rings. The maximum Gasteiger partial charge on any atom is 0.258 e. The second-order valence-electron chi connectivity index (χ2n) is 3.94. The Morgan fingerprint density at radius 3 is 2.50 bits per heavy atom. The molecule has 0 unspecified atom stereocenters. The van der Waals surface area contributed by atoms with Crippen molar-refractivity contribution in [3.8, 4) is 0 Å². The molecular weight excluding hydrogens is 246 g/mol. The smallest absolute Gasteiger partial charge is 0.258 e. The van der Waals surface area contributed by atoms with Gasteiger partial charge < -0.3 is 0 Å². The minimum atomic E-state index is -0.343. The molecule has 2 heterocycles. The quantitative estimate of drug-likeness (QED) is 0.628. The van der Waals surface area contributed by atoms with Gasteiger partial charge in [-0.05, 0) is 40.1 Å². The number of hydrogen-bond donors (Lipinski definition) is 1. The zero-order chi connectivity index (χ0) is 12.5. The van der Waals surface area contributed by atoms with Crippen molar-refractivity contribution in [3.63, 3.8) is 0 Å². The summed E-state index contributed by atoms with van der Waals surface area (Å²) in [5, 5.41) is 6.26. The predicted octanol–water partition coefficient (Wildman–Crippen LogP) is 2.56. The van der Waals surface area contributed by atoms with Crippen molar-refractivity contribution < 1.29 is 9.59 Å². The summed E-state index contributed by atoms with van der Waals surface area (Å²) < 4.78 is 0. The third-order valence-electron chi connectivity index (χ3n) is 2.79. The fourth-order valence-electron chi connectivity index (χ4n) is 1.94. The predicted molar refractivity (Wildman–Crippen MR) is 71.1 cm³/mol. The van der Waals surface area contributed by atoms with Gasteiger partial charge in [-0.25, -0.2) is 0 Å². The molecule has 1 N–H and O–H groups in total. The monoisotopic (exact) mass is 255 g/mol. The summed E-state index contributed by atoms with van der Waals surface area (Å²) in [7, 11) is 0. The highest BCUT2D eigenvalue weighted by Gasteiger charge is 2.26. The number of carbonyl (C=O) groups is 2. The van der Waals surface area contributed by atoms with E-state index in [1.807, 2.05) is 22.9 Å². The minimum absolute atomic E-state index is 0.335. The van der Waals surface area contributed by atoms with Crippen LogP contribution in [0.4, 0.5) is 0 Å². The lowest BCUT2D eigenvalue weighted by Crippen LogP contribution is -2.36. The van der Waals surface area contributed by atoms with E-state index in [1.54, 1.807) is 35.6 Å². The van der Waals surface area contributed by atoms with Crippen LogP contribution in [0.1, 0.15) is 21.5 Å². The first kappa shape index (κ1) is 10.9. The van der Waals surface area contributed by atoms with Crippen molar-refractivity contribution in [1.82, 2.24) is 5.32 Å². The van der Waals surface area contributed by atoms with E-state index in [-0.39, 0.29) is 11.8 Å². The number of amides is 2. The maximum atomic E-state index is 11.9. The number of thiophene rings is 1. The lowest BCUT2D eigenvalue weighted by Gasteiger charge is -2.17. The Morgan fingerprint density at radius 2 is 1.78 bits per heavy atom. The summed E-state index contributed by atoms with van der Waals surface area (Å²) in [4.78, 5) is 23.6. The minimum Gasteiger partial charge on any atom is -0.288 e. The molecule has 0 saturated heterocycles. The van der Waals surface area contributed by atoms with Gasteiger partial charge in [0.1, 0.15) is 0 Å². The molecule has 2 amide bonds. The van der Waals surface area contributed by atoms with E-state index in [0.29, 0.717) is 16.7 Å². The molecule has 0 atom stereocenters. The van der Waals surface area contributed by atoms with Crippen LogP contribution in [0.2, 0.25) is 0 Å². The van der Waals surface area contributed by atoms with E-state index in [9.17, 15) is 9.59 Å². The largest absolute Gasteiger partial charge is 0.288 e. The Hall–Kier alpha value is -2.20. The second-order valence-corrected chi connectivity index (χ2v) is 4.72. The van der Waals surface area contributed by atoms with Crippen molar-refractivity contribution in [2.24, 2.45) is 0 Å². The molecule has 0 spiro atoms. The fourth-order valence-corrected chi connectivity index (χ4v) is 2.56. The van der Waals surface area contributed by atoms with Gasteiger partial charge in [-0.2, -0.15) is 11.3 Å². The molecule has 1 aliphatic heterocycles. The fraction of sp³-hybridized carbons (Fsp3) is 0. The van der Waals surface area contributed by atoms with Gasteiger partial charge in [-0.3, -0.25) is 14.9 Å². The number of nitrogens with one attached hydrogen (secondary N) is 1. The number of benzene rings is 1. The molecule has 2 aromatic rings. The molecule has 1 aromatic heterocycles. The van der Waals surface area contributed by atoms with E-state index in [2.05, 4.69) is 5.32 Å². The molecule has 0 fully saturated rings. The van der Waals surface area contributed by atoms with E-state index in [0.717, 1.165) is 5.56 Å². The summed E-state index contributed by atoms with van der Waals surface area (Å²) in [6, 6.07) is 9.06. The van der Waals surface area contributed by atoms with Crippen molar-refractivity contribution in [2.45, 2.75) is 0 Å². The average Bonchev–Trinajstić information content (AvgIpc) is 2.87. The summed E-state index contributed by atoms with van der Waals surface area (Å²) in [5.74, 6) is -0.678. The molecule has 18 heavy (non-hydrogen) atoms. The van der Waals surface area contributed by atoms with Crippen LogP contribution in [0, 0.1) is 0 Å². The molecule has 1 aromatic carbocycles. The summed E-state index contributed by atoms with van der Waals surface area (Å²) in [6.07, 6.45) is 1.80. The third kappa shape index (κ3) is 1.76. The lowest BCUT2D eigenvalue weighted by atomic mass is 9.94. The van der Waals surface area contributed by atoms with Gasteiger partial charge in [0.25, 0.3) is 11.8 Å². The van der Waals surface area contributed by atoms with Crippen LogP contribution in [0.3, 0.4) is 0 Å². The van der Waals surface area contributed by atoms with E-state index >= 15 is 0 Å². The Kier molecular flexibility index (Phi) is 2.57. The van der Waals surface area contributed by atoms with E-state index < -0.39 is 0 Å². The number of rotatable bonds is 1. The topological polar surface area (TPSA) is 46.2 Å². The SMILES string of the molecule is O=C1NC(=O)c2ccccc2C1=Cc1ccsc1. The normalized spacial score (nSPS) is 16.6. The van der Waals surface area contributed by atoms with Crippen molar-refractivity contribution in [1.29, 1.82) is 0 Å². The lowest BCUT2D eigenvalue weighted by molar-refractivity contribution is -0.114. The third-order valence-corrected chi connectivity index (χ3v) is 3.49. The van der Waals surface area contributed by atoms with Crippen LogP contribution in [-0.4, -0.2) is 11.8 Å². The van der Waals surface area contributed by atoms with Crippen LogP contribution < -0.4 is 5.32 Å². The summed E-state index contributed by atoms with van der Waals surface area (Å²) in [6.45, 7) is 0.